The third kappa shape index (κ3) is 3.17. The van der Waals surface area contributed by atoms with Crippen LogP contribution in [0.1, 0.15) is 48.4 Å². The SMILES string of the molecule is CCN1CCC(N2CCC(c3ncc(C(=O)N(C)C)[nH]3)CC2)C1=O. The molecule has 2 saturated heterocycles. The van der Waals surface area contributed by atoms with Crippen molar-refractivity contribution < 1.29 is 9.59 Å². The average molecular weight is 333 g/mol. The quantitative estimate of drug-likeness (QED) is 0.889. The van der Waals surface area contributed by atoms with Gasteiger partial charge in [0, 0.05) is 33.1 Å². The van der Waals surface area contributed by atoms with Crippen molar-refractivity contribution in [3.63, 3.8) is 0 Å². The number of aromatic nitrogens is 2. The van der Waals surface area contributed by atoms with Crippen LogP contribution in [-0.4, -0.2) is 82.8 Å². The number of hydrogen-bond acceptors (Lipinski definition) is 4. The molecular formula is C17H27N5O2. The van der Waals surface area contributed by atoms with E-state index in [-0.39, 0.29) is 17.9 Å². The number of nitrogens with one attached hydrogen (secondary N) is 1. The normalized spacial score (nSPS) is 23.0. The molecular weight excluding hydrogens is 306 g/mol. The van der Waals surface area contributed by atoms with Crippen molar-refractivity contribution in [2.24, 2.45) is 0 Å². The van der Waals surface area contributed by atoms with Gasteiger partial charge in [0.15, 0.2) is 0 Å². The monoisotopic (exact) mass is 333 g/mol. The Balaban J connectivity index is 1.58. The summed E-state index contributed by atoms with van der Waals surface area (Å²) in [4.78, 5) is 37.7. The highest BCUT2D eigenvalue weighted by atomic mass is 16.2. The van der Waals surface area contributed by atoms with Crippen molar-refractivity contribution in [2.45, 2.75) is 38.1 Å². The van der Waals surface area contributed by atoms with Crippen molar-refractivity contribution in [1.29, 1.82) is 0 Å². The highest BCUT2D eigenvalue weighted by Crippen LogP contribution is 2.29. The topological polar surface area (TPSA) is 72.5 Å². The van der Waals surface area contributed by atoms with Crippen LogP contribution in [0.25, 0.3) is 0 Å². The summed E-state index contributed by atoms with van der Waals surface area (Å²) in [6, 6.07) is 0.0633. The lowest BCUT2D eigenvalue weighted by Gasteiger charge is -2.34. The summed E-state index contributed by atoms with van der Waals surface area (Å²) < 4.78 is 0. The molecule has 7 nitrogen and oxygen atoms in total. The molecule has 2 fully saturated rings. The summed E-state index contributed by atoms with van der Waals surface area (Å²) in [6.07, 6.45) is 4.52. The van der Waals surface area contributed by atoms with E-state index in [9.17, 15) is 9.59 Å². The number of likely N-dealkylation sites (N-methyl/N-ethyl adjacent to an activating group) is 1. The number of hydrogen-bond donors (Lipinski definition) is 1. The molecule has 3 rings (SSSR count). The number of H-pyrrole nitrogens is 1. The molecule has 24 heavy (non-hydrogen) atoms. The Bertz CT molecular complexity index is 604. The van der Waals surface area contributed by atoms with Crippen molar-refractivity contribution in [1.82, 2.24) is 24.7 Å². The van der Waals surface area contributed by atoms with Gasteiger partial charge in [0.1, 0.15) is 11.5 Å². The Labute approximate surface area is 143 Å². The first kappa shape index (κ1) is 17.0. The number of aromatic amines is 1. The molecule has 0 radical (unpaired) electrons. The van der Waals surface area contributed by atoms with Gasteiger partial charge < -0.3 is 14.8 Å². The molecule has 7 heteroatoms. The van der Waals surface area contributed by atoms with Gasteiger partial charge in [0.05, 0.1) is 12.2 Å². The van der Waals surface area contributed by atoms with Crippen LogP contribution >= 0.6 is 0 Å². The Morgan fingerprint density at radius 3 is 2.58 bits per heavy atom. The lowest BCUT2D eigenvalue weighted by molar-refractivity contribution is -0.132. The summed E-state index contributed by atoms with van der Waals surface area (Å²) >= 11 is 0. The van der Waals surface area contributed by atoms with E-state index in [2.05, 4.69) is 14.9 Å². The summed E-state index contributed by atoms with van der Waals surface area (Å²) in [7, 11) is 3.47. The first-order valence-corrected chi connectivity index (χ1v) is 8.80. The van der Waals surface area contributed by atoms with Crippen LogP contribution in [0.15, 0.2) is 6.20 Å². The van der Waals surface area contributed by atoms with E-state index in [4.69, 9.17) is 0 Å². The zero-order valence-electron chi connectivity index (χ0n) is 14.8. The Hall–Kier alpha value is -1.89. The molecule has 2 aliphatic rings. The summed E-state index contributed by atoms with van der Waals surface area (Å²) in [5.41, 5.74) is 0.544. The fraction of sp³-hybridized carbons (Fsp3) is 0.706. The number of nitrogens with zero attached hydrogens (tertiary/aromatic N) is 4. The molecule has 1 aromatic heterocycles. The van der Waals surface area contributed by atoms with E-state index < -0.39 is 0 Å². The van der Waals surface area contributed by atoms with Crippen LogP contribution in [0.3, 0.4) is 0 Å². The molecule has 1 atom stereocenters. The molecule has 2 aliphatic heterocycles. The van der Waals surface area contributed by atoms with E-state index in [1.807, 2.05) is 11.8 Å². The molecule has 0 saturated carbocycles. The molecule has 0 aromatic carbocycles. The second kappa shape index (κ2) is 6.93. The summed E-state index contributed by atoms with van der Waals surface area (Å²) in [6.45, 7) is 5.55. The number of imidazole rings is 1. The highest BCUT2D eigenvalue weighted by Gasteiger charge is 2.37. The molecule has 1 aromatic rings. The zero-order chi connectivity index (χ0) is 17.3. The van der Waals surface area contributed by atoms with E-state index in [1.54, 1.807) is 25.2 Å². The van der Waals surface area contributed by atoms with Crippen LogP contribution in [0, 0.1) is 0 Å². The Kier molecular flexibility index (Phi) is 4.89. The Morgan fingerprint density at radius 1 is 1.29 bits per heavy atom. The predicted octanol–water partition coefficient (Wildman–Crippen LogP) is 0.912. The van der Waals surface area contributed by atoms with Gasteiger partial charge in [-0.05, 0) is 39.3 Å². The predicted molar refractivity (Wildman–Crippen MR) is 90.8 cm³/mol. The maximum Gasteiger partial charge on any atom is 0.271 e. The van der Waals surface area contributed by atoms with E-state index in [1.165, 1.54) is 0 Å². The van der Waals surface area contributed by atoms with Gasteiger partial charge in [-0.3, -0.25) is 14.5 Å². The number of piperidine rings is 1. The molecule has 0 aliphatic carbocycles. The summed E-state index contributed by atoms with van der Waals surface area (Å²) in [5, 5.41) is 0. The average Bonchev–Trinajstić information content (AvgIpc) is 3.21. The molecule has 1 N–H and O–H groups in total. The van der Waals surface area contributed by atoms with Crippen molar-refractivity contribution in [2.75, 3.05) is 40.3 Å². The summed E-state index contributed by atoms with van der Waals surface area (Å²) in [5.74, 6) is 1.46. The molecule has 132 valence electrons. The minimum Gasteiger partial charge on any atom is -0.343 e. The van der Waals surface area contributed by atoms with E-state index in [0.717, 1.165) is 51.3 Å². The Morgan fingerprint density at radius 2 is 2.00 bits per heavy atom. The number of rotatable bonds is 4. The van der Waals surface area contributed by atoms with Crippen LogP contribution in [0.5, 0.6) is 0 Å². The van der Waals surface area contributed by atoms with Crippen LogP contribution < -0.4 is 0 Å². The standard InChI is InChI=1S/C17H27N5O2/c1-4-21-10-7-14(17(21)24)22-8-5-12(6-9-22)15-18-11-13(19-15)16(23)20(2)3/h11-12,14H,4-10H2,1-3H3,(H,18,19). The lowest BCUT2D eigenvalue weighted by Crippen LogP contribution is -2.45. The molecule has 1 unspecified atom stereocenters. The smallest absolute Gasteiger partial charge is 0.271 e. The van der Waals surface area contributed by atoms with Gasteiger partial charge in [-0.2, -0.15) is 0 Å². The number of amides is 2. The van der Waals surface area contributed by atoms with Crippen molar-refractivity contribution >= 4 is 11.8 Å². The second-order valence-electron chi connectivity index (χ2n) is 6.91. The maximum atomic E-state index is 12.4. The highest BCUT2D eigenvalue weighted by molar-refractivity contribution is 5.91. The van der Waals surface area contributed by atoms with Gasteiger partial charge >= 0.3 is 0 Å². The lowest BCUT2D eigenvalue weighted by atomic mass is 9.95. The third-order valence-corrected chi connectivity index (χ3v) is 5.24. The minimum atomic E-state index is -0.0533. The van der Waals surface area contributed by atoms with Crippen LogP contribution in [0.2, 0.25) is 0 Å². The van der Waals surface area contributed by atoms with E-state index >= 15 is 0 Å². The van der Waals surface area contributed by atoms with Gasteiger partial charge in [0.25, 0.3) is 5.91 Å². The maximum absolute atomic E-state index is 12.4. The van der Waals surface area contributed by atoms with Crippen molar-refractivity contribution in [3.05, 3.63) is 17.7 Å². The van der Waals surface area contributed by atoms with Crippen LogP contribution in [0.4, 0.5) is 0 Å². The van der Waals surface area contributed by atoms with Gasteiger partial charge in [-0.1, -0.05) is 0 Å². The largest absolute Gasteiger partial charge is 0.343 e. The third-order valence-electron chi connectivity index (χ3n) is 5.24. The van der Waals surface area contributed by atoms with Gasteiger partial charge in [-0.15, -0.1) is 0 Å². The first-order valence-electron chi connectivity index (χ1n) is 8.80. The fourth-order valence-corrected chi connectivity index (χ4v) is 3.75. The van der Waals surface area contributed by atoms with Crippen molar-refractivity contribution in [3.8, 4) is 0 Å². The number of carbonyl (C=O) groups excluding carboxylic acids is 2. The molecule has 2 amide bonds. The minimum absolute atomic E-state index is 0.0533. The first-order chi connectivity index (χ1) is 11.5. The second-order valence-corrected chi connectivity index (χ2v) is 6.91. The van der Waals surface area contributed by atoms with Gasteiger partial charge in [0.2, 0.25) is 5.91 Å². The molecule has 0 spiro atoms. The van der Waals surface area contributed by atoms with E-state index in [0.29, 0.717) is 11.6 Å². The van der Waals surface area contributed by atoms with Crippen LogP contribution in [-0.2, 0) is 4.79 Å². The number of carbonyl (C=O) groups is 2. The number of likely N-dealkylation sites (tertiary alicyclic amines) is 2. The van der Waals surface area contributed by atoms with Gasteiger partial charge in [-0.25, -0.2) is 4.98 Å². The molecule has 3 heterocycles. The zero-order valence-corrected chi connectivity index (χ0v) is 14.8. The fourth-order valence-electron chi connectivity index (χ4n) is 3.75. The molecule has 0 bridgehead atoms.